The maximum atomic E-state index is 11.9. The summed E-state index contributed by atoms with van der Waals surface area (Å²) in [6.07, 6.45) is 6.62. The van der Waals surface area contributed by atoms with E-state index in [4.69, 9.17) is 0 Å². The molecule has 1 amide bonds. The second-order valence-corrected chi connectivity index (χ2v) is 5.31. The lowest BCUT2D eigenvalue weighted by molar-refractivity contribution is -0.116. The molecule has 1 aliphatic carbocycles. The lowest BCUT2D eigenvalue weighted by Gasteiger charge is -2.09. The van der Waals surface area contributed by atoms with Crippen molar-refractivity contribution in [3.8, 4) is 0 Å². The van der Waals surface area contributed by atoms with E-state index in [1.807, 2.05) is 0 Å². The van der Waals surface area contributed by atoms with Gasteiger partial charge in [-0.15, -0.1) is 0 Å². The number of hydrogen-bond donors (Lipinski definition) is 1. The normalized spacial score (nSPS) is 15.1. The lowest BCUT2D eigenvalue weighted by atomic mass is 10.0. The Morgan fingerprint density at radius 1 is 1.30 bits per heavy atom. The maximum Gasteiger partial charge on any atom is 0.337 e. The molecule has 0 aromatic heterocycles. The highest BCUT2D eigenvalue weighted by atomic mass is 16.5. The Morgan fingerprint density at radius 3 is 2.75 bits per heavy atom. The van der Waals surface area contributed by atoms with Gasteiger partial charge in [0, 0.05) is 12.1 Å². The van der Waals surface area contributed by atoms with Gasteiger partial charge >= 0.3 is 5.97 Å². The first-order chi connectivity index (χ1) is 9.69. The number of benzene rings is 1. The molecule has 20 heavy (non-hydrogen) atoms. The van der Waals surface area contributed by atoms with E-state index in [1.165, 1.54) is 32.8 Å². The summed E-state index contributed by atoms with van der Waals surface area (Å²) in [5.74, 6) is 0.327. The maximum absolute atomic E-state index is 11.9. The molecule has 1 N–H and O–H groups in total. The highest BCUT2D eigenvalue weighted by Crippen LogP contribution is 2.28. The summed E-state index contributed by atoms with van der Waals surface area (Å²) in [6.45, 7) is 0. The molecule has 0 spiro atoms. The van der Waals surface area contributed by atoms with Gasteiger partial charge in [0.1, 0.15) is 0 Å². The van der Waals surface area contributed by atoms with Crippen LogP contribution < -0.4 is 5.32 Å². The summed E-state index contributed by atoms with van der Waals surface area (Å²) in [5, 5.41) is 2.84. The van der Waals surface area contributed by atoms with E-state index in [2.05, 4.69) is 10.1 Å². The fourth-order valence-electron chi connectivity index (χ4n) is 2.70. The number of carbonyl (C=O) groups excluding carboxylic acids is 2. The van der Waals surface area contributed by atoms with Crippen molar-refractivity contribution in [3.05, 3.63) is 29.8 Å². The standard InChI is InChI=1S/C16H21NO3/c1-20-16(19)13-7-4-8-14(11-13)17-15(18)10-9-12-5-2-3-6-12/h4,7-8,11-12H,2-3,5-6,9-10H2,1H3,(H,17,18). The fourth-order valence-corrected chi connectivity index (χ4v) is 2.70. The molecular formula is C16H21NO3. The predicted octanol–water partition coefficient (Wildman–Crippen LogP) is 3.38. The van der Waals surface area contributed by atoms with Gasteiger partial charge in [-0.2, -0.15) is 0 Å². The third-order valence-electron chi connectivity index (χ3n) is 3.82. The molecule has 4 heteroatoms. The van der Waals surface area contributed by atoms with Crippen LogP contribution in [0.3, 0.4) is 0 Å². The van der Waals surface area contributed by atoms with Crippen molar-refractivity contribution < 1.29 is 14.3 Å². The van der Waals surface area contributed by atoms with E-state index < -0.39 is 5.97 Å². The average molecular weight is 275 g/mol. The van der Waals surface area contributed by atoms with Crippen molar-refractivity contribution in [3.63, 3.8) is 0 Å². The molecule has 0 saturated heterocycles. The van der Waals surface area contributed by atoms with Gasteiger partial charge in [-0.25, -0.2) is 4.79 Å². The van der Waals surface area contributed by atoms with Gasteiger partial charge in [-0.05, 0) is 30.5 Å². The Hall–Kier alpha value is -1.84. The van der Waals surface area contributed by atoms with Gasteiger partial charge in [0.25, 0.3) is 0 Å². The minimum Gasteiger partial charge on any atom is -0.465 e. The molecular weight excluding hydrogens is 254 g/mol. The van der Waals surface area contributed by atoms with Crippen molar-refractivity contribution in [2.75, 3.05) is 12.4 Å². The van der Waals surface area contributed by atoms with Crippen LogP contribution in [-0.2, 0) is 9.53 Å². The number of esters is 1. The number of hydrogen-bond acceptors (Lipinski definition) is 3. The Kier molecular flexibility index (Phi) is 5.16. The van der Waals surface area contributed by atoms with Gasteiger partial charge in [0.05, 0.1) is 12.7 Å². The fraction of sp³-hybridized carbons (Fsp3) is 0.500. The smallest absolute Gasteiger partial charge is 0.337 e. The van der Waals surface area contributed by atoms with Crippen LogP contribution in [-0.4, -0.2) is 19.0 Å². The highest BCUT2D eigenvalue weighted by Gasteiger charge is 2.16. The quantitative estimate of drug-likeness (QED) is 0.838. The molecule has 1 fully saturated rings. The second kappa shape index (κ2) is 7.08. The second-order valence-electron chi connectivity index (χ2n) is 5.31. The molecule has 1 aromatic carbocycles. The van der Waals surface area contributed by atoms with Crippen molar-refractivity contribution in [1.29, 1.82) is 0 Å². The van der Waals surface area contributed by atoms with E-state index in [1.54, 1.807) is 24.3 Å². The Morgan fingerprint density at radius 2 is 2.05 bits per heavy atom. The summed E-state index contributed by atoms with van der Waals surface area (Å²) < 4.78 is 4.66. The van der Waals surface area contributed by atoms with Gasteiger partial charge in [0.2, 0.25) is 5.91 Å². The van der Waals surface area contributed by atoms with E-state index in [9.17, 15) is 9.59 Å². The molecule has 4 nitrogen and oxygen atoms in total. The Labute approximate surface area is 119 Å². The molecule has 1 aliphatic rings. The zero-order chi connectivity index (χ0) is 14.4. The summed E-state index contributed by atoms with van der Waals surface area (Å²) in [5.41, 5.74) is 1.09. The van der Waals surface area contributed by atoms with Crippen LogP contribution in [0, 0.1) is 5.92 Å². The van der Waals surface area contributed by atoms with Gasteiger partial charge in [0.15, 0.2) is 0 Å². The van der Waals surface area contributed by atoms with Crippen molar-refractivity contribution >= 4 is 17.6 Å². The molecule has 0 atom stereocenters. The third kappa shape index (κ3) is 4.08. The first-order valence-electron chi connectivity index (χ1n) is 7.17. The first-order valence-corrected chi connectivity index (χ1v) is 7.17. The highest BCUT2D eigenvalue weighted by molar-refractivity contribution is 5.94. The zero-order valence-electron chi connectivity index (χ0n) is 11.9. The molecule has 0 radical (unpaired) electrons. The minimum absolute atomic E-state index is 0.0129. The molecule has 1 aromatic rings. The van der Waals surface area contributed by atoms with Crippen LogP contribution >= 0.6 is 0 Å². The minimum atomic E-state index is -0.396. The number of nitrogens with one attached hydrogen (secondary N) is 1. The number of carbonyl (C=O) groups is 2. The molecule has 0 heterocycles. The molecule has 0 aliphatic heterocycles. The SMILES string of the molecule is COC(=O)c1cccc(NC(=O)CCC2CCCC2)c1. The van der Waals surface area contributed by atoms with Gasteiger partial charge < -0.3 is 10.1 Å². The van der Waals surface area contributed by atoms with E-state index in [-0.39, 0.29) is 5.91 Å². The Bertz CT molecular complexity index is 478. The topological polar surface area (TPSA) is 55.4 Å². The number of amides is 1. The molecule has 0 unspecified atom stereocenters. The third-order valence-corrected chi connectivity index (χ3v) is 3.82. The van der Waals surface area contributed by atoms with Crippen LogP contribution in [0.15, 0.2) is 24.3 Å². The van der Waals surface area contributed by atoms with Crippen LogP contribution in [0.1, 0.15) is 48.9 Å². The summed E-state index contributed by atoms with van der Waals surface area (Å²) in [4.78, 5) is 23.3. The van der Waals surface area contributed by atoms with Crippen LogP contribution in [0.2, 0.25) is 0 Å². The summed E-state index contributed by atoms with van der Waals surface area (Å²) >= 11 is 0. The van der Waals surface area contributed by atoms with Gasteiger partial charge in [-0.1, -0.05) is 31.7 Å². The van der Waals surface area contributed by atoms with E-state index in [0.29, 0.717) is 23.6 Å². The number of methoxy groups -OCH3 is 1. The Balaban J connectivity index is 1.85. The van der Waals surface area contributed by atoms with E-state index >= 15 is 0 Å². The first kappa shape index (κ1) is 14.6. The van der Waals surface area contributed by atoms with Crippen LogP contribution in [0.4, 0.5) is 5.69 Å². The largest absolute Gasteiger partial charge is 0.465 e. The van der Waals surface area contributed by atoms with Crippen molar-refractivity contribution in [2.45, 2.75) is 38.5 Å². The molecule has 108 valence electrons. The summed E-state index contributed by atoms with van der Waals surface area (Å²) in [6, 6.07) is 6.82. The van der Waals surface area contributed by atoms with Gasteiger partial charge in [-0.3, -0.25) is 4.79 Å². The summed E-state index contributed by atoms with van der Waals surface area (Å²) in [7, 11) is 1.34. The van der Waals surface area contributed by atoms with Crippen molar-refractivity contribution in [2.24, 2.45) is 5.92 Å². The molecule has 0 bridgehead atoms. The van der Waals surface area contributed by atoms with Crippen LogP contribution in [0.25, 0.3) is 0 Å². The molecule has 1 saturated carbocycles. The van der Waals surface area contributed by atoms with Crippen molar-refractivity contribution in [1.82, 2.24) is 0 Å². The lowest BCUT2D eigenvalue weighted by Crippen LogP contribution is -2.13. The predicted molar refractivity (Wildman–Crippen MR) is 77.6 cm³/mol. The number of rotatable bonds is 5. The molecule has 2 rings (SSSR count). The number of anilines is 1. The van der Waals surface area contributed by atoms with Crippen LogP contribution in [0.5, 0.6) is 0 Å². The monoisotopic (exact) mass is 275 g/mol. The van der Waals surface area contributed by atoms with E-state index in [0.717, 1.165) is 6.42 Å². The average Bonchev–Trinajstić information content (AvgIpc) is 2.98. The zero-order valence-corrected chi connectivity index (χ0v) is 11.9. The number of ether oxygens (including phenoxy) is 1.